The van der Waals surface area contributed by atoms with Gasteiger partial charge in [-0.15, -0.1) is 0 Å². The summed E-state index contributed by atoms with van der Waals surface area (Å²) in [4.78, 5) is 16.1. The van der Waals surface area contributed by atoms with Gasteiger partial charge < -0.3 is 0 Å². The minimum Gasteiger partial charge on any atom is -0.295 e. The Hall–Kier alpha value is -1.24. The van der Waals surface area contributed by atoms with Crippen molar-refractivity contribution in [2.24, 2.45) is 0 Å². The summed E-state index contributed by atoms with van der Waals surface area (Å²) >= 11 is 0. The summed E-state index contributed by atoms with van der Waals surface area (Å²) in [6.45, 7) is 3.58. The van der Waals surface area contributed by atoms with Crippen molar-refractivity contribution in [2.45, 2.75) is 25.2 Å². The maximum Gasteiger partial charge on any atom is 0.264 e. The summed E-state index contributed by atoms with van der Waals surface area (Å²) in [6.07, 6.45) is 0.651. The smallest absolute Gasteiger partial charge is 0.264 e. The number of sulfonamides is 1. The first kappa shape index (κ1) is 14.8. The summed E-state index contributed by atoms with van der Waals surface area (Å²) in [7, 11) is -2.34. The second kappa shape index (κ2) is 6.08. The topological polar surface area (TPSA) is 63.7 Å². The van der Waals surface area contributed by atoms with Crippen molar-refractivity contribution < 1.29 is 18.0 Å². The van der Waals surface area contributed by atoms with Crippen LogP contribution in [-0.2, 0) is 14.9 Å². The molecule has 0 bridgehead atoms. The van der Waals surface area contributed by atoms with Crippen LogP contribution in [0.4, 0.5) is 0 Å². The van der Waals surface area contributed by atoms with Gasteiger partial charge in [0, 0.05) is 12.1 Å². The minimum absolute atomic E-state index is 0.101. The van der Waals surface area contributed by atoms with Crippen LogP contribution < -0.4 is 0 Å². The number of benzene rings is 1. The number of carbonyl (C=O) groups is 1. The molecule has 0 N–H and O–H groups in total. The Kier molecular flexibility index (Phi) is 5.01. The molecule has 18 heavy (non-hydrogen) atoms. The summed E-state index contributed by atoms with van der Waals surface area (Å²) in [5, 5.41) is 0. The van der Waals surface area contributed by atoms with Gasteiger partial charge in [0.05, 0.1) is 12.0 Å². The van der Waals surface area contributed by atoms with Crippen molar-refractivity contribution in [1.82, 2.24) is 4.47 Å². The molecule has 0 saturated carbocycles. The molecule has 0 amide bonds. The van der Waals surface area contributed by atoms with Crippen LogP contribution in [-0.4, -0.2) is 32.3 Å². The van der Waals surface area contributed by atoms with E-state index in [1.165, 1.54) is 38.3 Å². The third-order valence-corrected chi connectivity index (χ3v) is 4.17. The van der Waals surface area contributed by atoms with Crippen molar-refractivity contribution in [3.8, 4) is 0 Å². The number of Topliss-reactive ketones (excluding diaryl/α,β-unsaturated/α-hetero) is 1. The quantitative estimate of drug-likeness (QED) is 0.585. The molecule has 0 aliphatic rings. The third kappa shape index (κ3) is 3.16. The zero-order valence-corrected chi connectivity index (χ0v) is 11.5. The van der Waals surface area contributed by atoms with E-state index in [-0.39, 0.29) is 17.2 Å². The van der Waals surface area contributed by atoms with Gasteiger partial charge >= 0.3 is 0 Å². The maximum absolute atomic E-state index is 12.2. The predicted molar refractivity (Wildman–Crippen MR) is 67.6 cm³/mol. The normalized spacial score (nSPS) is 11.8. The highest BCUT2D eigenvalue weighted by Gasteiger charge is 2.23. The van der Waals surface area contributed by atoms with Gasteiger partial charge in [0.1, 0.15) is 0 Å². The van der Waals surface area contributed by atoms with Crippen molar-refractivity contribution in [3.63, 3.8) is 0 Å². The van der Waals surface area contributed by atoms with E-state index in [4.69, 9.17) is 4.84 Å². The lowest BCUT2D eigenvalue weighted by molar-refractivity contribution is -0.0482. The highest BCUT2D eigenvalue weighted by Crippen LogP contribution is 2.17. The Morgan fingerprint density at radius 3 is 2.22 bits per heavy atom. The average molecular weight is 271 g/mol. The number of rotatable bonds is 6. The van der Waals surface area contributed by atoms with E-state index in [0.29, 0.717) is 12.0 Å². The van der Waals surface area contributed by atoms with E-state index in [2.05, 4.69) is 0 Å². The Bertz CT molecular complexity index is 507. The fraction of sp³-hybridized carbons (Fsp3) is 0.417. The summed E-state index contributed by atoms with van der Waals surface area (Å²) in [5.74, 6) is -0.101. The molecule has 0 aromatic heterocycles. The molecule has 0 aliphatic heterocycles. The maximum atomic E-state index is 12.2. The lowest BCUT2D eigenvalue weighted by Crippen LogP contribution is -2.30. The largest absolute Gasteiger partial charge is 0.295 e. The second-order valence-corrected chi connectivity index (χ2v) is 5.62. The molecule has 6 heteroatoms. The molecule has 0 fully saturated rings. The van der Waals surface area contributed by atoms with E-state index in [9.17, 15) is 13.2 Å². The van der Waals surface area contributed by atoms with E-state index in [1.807, 2.05) is 6.92 Å². The highest BCUT2D eigenvalue weighted by atomic mass is 32.2. The Morgan fingerprint density at radius 1 is 1.28 bits per heavy atom. The molecule has 0 aliphatic carbocycles. The predicted octanol–water partition coefficient (Wildman–Crippen LogP) is 1.85. The standard InChI is InChI=1S/C12H17NO4S/c1-4-9-13(17-3)18(15,16)12-7-5-11(6-8-12)10(2)14/h5-8H,4,9H2,1-3H3. The fourth-order valence-electron chi connectivity index (χ4n) is 1.47. The SMILES string of the molecule is CCCN(OC)S(=O)(=O)c1ccc(C(C)=O)cc1. The minimum atomic E-state index is -3.66. The highest BCUT2D eigenvalue weighted by molar-refractivity contribution is 7.89. The number of hydrogen-bond acceptors (Lipinski definition) is 4. The molecule has 100 valence electrons. The Labute approximate surface area is 107 Å². The van der Waals surface area contributed by atoms with Gasteiger partial charge in [0.25, 0.3) is 10.0 Å². The molecule has 0 radical (unpaired) electrons. The number of hydroxylamine groups is 1. The Morgan fingerprint density at radius 2 is 1.83 bits per heavy atom. The van der Waals surface area contributed by atoms with Crippen LogP contribution in [0.3, 0.4) is 0 Å². The van der Waals surface area contributed by atoms with Crippen molar-refractivity contribution in [2.75, 3.05) is 13.7 Å². The van der Waals surface area contributed by atoms with E-state index in [1.54, 1.807) is 0 Å². The van der Waals surface area contributed by atoms with Crippen molar-refractivity contribution in [3.05, 3.63) is 29.8 Å². The first-order valence-electron chi connectivity index (χ1n) is 5.61. The number of carbonyl (C=O) groups excluding carboxylic acids is 1. The van der Waals surface area contributed by atoms with Gasteiger partial charge in [-0.05, 0) is 25.5 Å². The molecule has 1 aromatic carbocycles. The van der Waals surface area contributed by atoms with Crippen LogP contribution in [0.5, 0.6) is 0 Å². The van der Waals surface area contributed by atoms with Gasteiger partial charge in [0.2, 0.25) is 0 Å². The first-order valence-corrected chi connectivity index (χ1v) is 7.05. The third-order valence-electron chi connectivity index (χ3n) is 2.44. The van der Waals surface area contributed by atoms with Crippen LogP contribution >= 0.6 is 0 Å². The lowest BCUT2D eigenvalue weighted by Gasteiger charge is -2.18. The average Bonchev–Trinajstić information content (AvgIpc) is 2.35. The van der Waals surface area contributed by atoms with E-state index >= 15 is 0 Å². The van der Waals surface area contributed by atoms with Crippen LogP contribution in [0.1, 0.15) is 30.6 Å². The number of nitrogens with zero attached hydrogens (tertiary/aromatic N) is 1. The van der Waals surface area contributed by atoms with Gasteiger partial charge in [0.15, 0.2) is 5.78 Å². The Balaban J connectivity index is 3.08. The molecule has 0 saturated heterocycles. The molecule has 0 unspecified atom stereocenters. The molecule has 1 rings (SSSR count). The molecule has 0 heterocycles. The molecule has 0 spiro atoms. The molecule has 0 atom stereocenters. The van der Waals surface area contributed by atoms with Crippen LogP contribution in [0, 0.1) is 0 Å². The second-order valence-electron chi connectivity index (χ2n) is 3.79. The van der Waals surface area contributed by atoms with E-state index < -0.39 is 10.0 Å². The van der Waals surface area contributed by atoms with Gasteiger partial charge in [-0.2, -0.15) is 0 Å². The lowest BCUT2D eigenvalue weighted by atomic mass is 10.2. The fourth-order valence-corrected chi connectivity index (χ4v) is 2.81. The summed E-state index contributed by atoms with van der Waals surface area (Å²) < 4.78 is 25.2. The van der Waals surface area contributed by atoms with Crippen LogP contribution in [0.2, 0.25) is 0 Å². The van der Waals surface area contributed by atoms with Crippen molar-refractivity contribution >= 4 is 15.8 Å². The zero-order chi connectivity index (χ0) is 13.8. The van der Waals surface area contributed by atoms with Gasteiger partial charge in [-0.1, -0.05) is 23.5 Å². The summed E-state index contributed by atoms with van der Waals surface area (Å²) in [6, 6.07) is 5.81. The monoisotopic (exact) mass is 271 g/mol. The summed E-state index contributed by atoms with van der Waals surface area (Å²) in [5.41, 5.74) is 0.480. The van der Waals surface area contributed by atoms with Gasteiger partial charge in [-0.3, -0.25) is 9.63 Å². The van der Waals surface area contributed by atoms with Crippen LogP contribution in [0.15, 0.2) is 29.2 Å². The first-order chi connectivity index (χ1) is 8.43. The van der Waals surface area contributed by atoms with E-state index in [0.717, 1.165) is 4.47 Å². The molecular formula is C12H17NO4S. The van der Waals surface area contributed by atoms with Gasteiger partial charge in [-0.25, -0.2) is 8.42 Å². The van der Waals surface area contributed by atoms with Crippen LogP contribution in [0.25, 0.3) is 0 Å². The molecular weight excluding hydrogens is 254 g/mol. The molecule has 5 nitrogen and oxygen atoms in total. The van der Waals surface area contributed by atoms with Crippen molar-refractivity contribution in [1.29, 1.82) is 0 Å². The molecule has 1 aromatic rings. The number of hydrogen-bond donors (Lipinski definition) is 0. The number of ketones is 1. The zero-order valence-electron chi connectivity index (χ0n) is 10.7.